The largest absolute Gasteiger partial charge is 0.335 e. The Morgan fingerprint density at radius 2 is 1.97 bits per heavy atom. The molecule has 0 saturated heterocycles. The molecule has 7 nitrogen and oxygen atoms in total. The molecule has 1 amide bonds. The molecule has 4 aromatic rings. The minimum Gasteiger partial charge on any atom is -0.335 e. The van der Waals surface area contributed by atoms with E-state index < -0.39 is 6.04 Å². The van der Waals surface area contributed by atoms with Crippen LogP contribution in [-0.4, -0.2) is 27.2 Å². The maximum Gasteiger partial charge on any atom is 0.267 e. The normalized spacial score (nSPS) is 14.1. The Kier molecular flexibility index (Phi) is 4.82. The lowest BCUT2D eigenvalue weighted by atomic mass is 10.1. The lowest BCUT2D eigenvalue weighted by Gasteiger charge is -2.24. The quantitative estimate of drug-likeness (QED) is 0.479. The van der Waals surface area contributed by atoms with Gasteiger partial charge in [0.1, 0.15) is 23.4 Å². The molecule has 1 aliphatic heterocycles. The highest BCUT2D eigenvalue weighted by Gasteiger charge is 2.31. The van der Waals surface area contributed by atoms with Gasteiger partial charge in [0.15, 0.2) is 0 Å². The van der Waals surface area contributed by atoms with Crippen molar-refractivity contribution >= 4 is 34.3 Å². The third-order valence-corrected chi connectivity index (χ3v) is 5.95. The Morgan fingerprint density at radius 3 is 2.74 bits per heavy atom. The van der Waals surface area contributed by atoms with Crippen molar-refractivity contribution in [2.45, 2.75) is 25.8 Å². The van der Waals surface area contributed by atoms with Crippen LogP contribution in [0.5, 0.6) is 0 Å². The van der Waals surface area contributed by atoms with E-state index in [2.05, 4.69) is 10.1 Å². The molecule has 8 heteroatoms. The zero-order chi connectivity index (χ0) is 21.5. The Bertz CT molecular complexity index is 1340. The first-order valence-corrected chi connectivity index (χ1v) is 10.5. The Hall–Kier alpha value is -3.45. The fraction of sp³-hybridized carbons (Fsp3) is 0.217. The first-order valence-electron chi connectivity index (χ1n) is 10.1. The molecule has 31 heavy (non-hydrogen) atoms. The minimum absolute atomic E-state index is 0.125. The van der Waals surface area contributed by atoms with Crippen LogP contribution in [0, 0.1) is 0 Å². The van der Waals surface area contributed by atoms with E-state index in [9.17, 15) is 9.59 Å². The van der Waals surface area contributed by atoms with Gasteiger partial charge in [0.2, 0.25) is 5.91 Å². The van der Waals surface area contributed by atoms with Crippen molar-refractivity contribution in [2.24, 2.45) is 0 Å². The zero-order valence-electron chi connectivity index (χ0n) is 16.8. The van der Waals surface area contributed by atoms with Crippen molar-refractivity contribution in [3.63, 3.8) is 0 Å². The fourth-order valence-corrected chi connectivity index (χ4v) is 4.25. The predicted octanol–water partition coefficient (Wildman–Crippen LogP) is 4.25. The Balaban J connectivity index is 1.58. The van der Waals surface area contributed by atoms with Crippen molar-refractivity contribution in [1.29, 1.82) is 0 Å². The van der Waals surface area contributed by atoms with E-state index in [1.165, 1.54) is 10.9 Å². The van der Waals surface area contributed by atoms with Gasteiger partial charge in [0.05, 0.1) is 0 Å². The predicted molar refractivity (Wildman–Crippen MR) is 118 cm³/mol. The average molecular weight is 435 g/mol. The summed E-state index contributed by atoms with van der Waals surface area (Å²) in [4.78, 5) is 32.9. The van der Waals surface area contributed by atoms with Crippen LogP contribution in [0.15, 0.2) is 64.2 Å². The van der Waals surface area contributed by atoms with Gasteiger partial charge in [-0.15, -0.1) is 0 Å². The summed E-state index contributed by atoms with van der Waals surface area (Å²) >= 11 is 5.98. The molecule has 2 aromatic carbocycles. The van der Waals surface area contributed by atoms with Gasteiger partial charge in [-0.3, -0.25) is 14.2 Å². The molecule has 0 fully saturated rings. The number of para-hydroxylation sites is 1. The number of fused-ring (bicyclic) bond motifs is 2. The van der Waals surface area contributed by atoms with E-state index in [4.69, 9.17) is 16.1 Å². The van der Waals surface area contributed by atoms with Gasteiger partial charge in [-0.1, -0.05) is 54.0 Å². The highest BCUT2D eigenvalue weighted by atomic mass is 35.5. The SMILES string of the molecule is CC[C@H](C(=O)N1CCc2ccccc21)n1cnc2onc(-c3ccc(Cl)cc3)c2c1=O. The second-order valence-electron chi connectivity index (χ2n) is 7.47. The molecule has 1 aliphatic rings. The third-order valence-electron chi connectivity index (χ3n) is 5.70. The maximum atomic E-state index is 13.4. The number of anilines is 1. The van der Waals surface area contributed by atoms with Crippen LogP contribution in [0.25, 0.3) is 22.4 Å². The molecule has 2 aromatic heterocycles. The highest BCUT2D eigenvalue weighted by Crippen LogP contribution is 2.31. The van der Waals surface area contributed by atoms with Gasteiger partial charge in [-0.05, 0) is 36.6 Å². The van der Waals surface area contributed by atoms with Crippen LogP contribution in [0.2, 0.25) is 5.02 Å². The molecule has 0 bridgehead atoms. The molecule has 1 atom stereocenters. The van der Waals surface area contributed by atoms with Crippen molar-refractivity contribution in [1.82, 2.24) is 14.7 Å². The van der Waals surface area contributed by atoms with Gasteiger partial charge < -0.3 is 9.42 Å². The zero-order valence-corrected chi connectivity index (χ0v) is 17.5. The van der Waals surface area contributed by atoms with E-state index in [-0.39, 0.29) is 22.6 Å². The Labute approximate surface area is 182 Å². The van der Waals surface area contributed by atoms with Crippen LogP contribution >= 0.6 is 11.6 Å². The van der Waals surface area contributed by atoms with E-state index in [0.29, 0.717) is 29.2 Å². The number of halogens is 1. The fourth-order valence-electron chi connectivity index (χ4n) is 4.12. The molecule has 5 rings (SSSR count). The summed E-state index contributed by atoms with van der Waals surface area (Å²) in [6, 6.07) is 14.1. The smallest absolute Gasteiger partial charge is 0.267 e. The summed E-state index contributed by atoms with van der Waals surface area (Å²) in [6.45, 7) is 2.48. The van der Waals surface area contributed by atoms with Gasteiger partial charge in [0, 0.05) is 22.8 Å². The number of carbonyl (C=O) groups excluding carboxylic acids is 1. The minimum atomic E-state index is -0.677. The highest BCUT2D eigenvalue weighted by molar-refractivity contribution is 6.30. The summed E-state index contributed by atoms with van der Waals surface area (Å²) < 4.78 is 6.68. The number of hydrogen-bond donors (Lipinski definition) is 0. The van der Waals surface area contributed by atoms with E-state index in [1.54, 1.807) is 29.2 Å². The molecule has 156 valence electrons. The van der Waals surface area contributed by atoms with Gasteiger partial charge in [0.25, 0.3) is 11.3 Å². The Morgan fingerprint density at radius 1 is 1.19 bits per heavy atom. The molecule has 0 N–H and O–H groups in total. The van der Waals surface area contributed by atoms with Gasteiger partial charge in [-0.25, -0.2) is 4.98 Å². The van der Waals surface area contributed by atoms with Gasteiger partial charge in [-0.2, -0.15) is 0 Å². The van der Waals surface area contributed by atoms with Crippen LogP contribution in [0.1, 0.15) is 24.9 Å². The van der Waals surface area contributed by atoms with Crippen LogP contribution in [0.3, 0.4) is 0 Å². The summed E-state index contributed by atoms with van der Waals surface area (Å²) in [7, 11) is 0. The number of amides is 1. The molecule has 3 heterocycles. The summed E-state index contributed by atoms with van der Waals surface area (Å²) in [5.41, 5.74) is 2.89. The van der Waals surface area contributed by atoms with E-state index in [1.807, 2.05) is 31.2 Å². The molecular weight excluding hydrogens is 416 g/mol. The number of rotatable bonds is 4. The molecule has 0 aliphatic carbocycles. The summed E-state index contributed by atoms with van der Waals surface area (Å²) in [6.07, 6.45) is 2.62. The second-order valence-corrected chi connectivity index (χ2v) is 7.90. The number of carbonyl (C=O) groups is 1. The average Bonchev–Trinajstić information content (AvgIpc) is 3.41. The van der Waals surface area contributed by atoms with E-state index >= 15 is 0 Å². The van der Waals surface area contributed by atoms with Crippen molar-refractivity contribution in [3.05, 3.63) is 75.8 Å². The topological polar surface area (TPSA) is 81.2 Å². The van der Waals surface area contributed by atoms with Crippen molar-refractivity contribution in [3.8, 4) is 11.3 Å². The number of benzene rings is 2. The number of hydrogen-bond acceptors (Lipinski definition) is 5. The standard InChI is InChI=1S/C23H19ClN4O3/c1-2-17(22(29)27-12-11-14-5-3-4-6-18(14)27)28-13-25-21-19(23(28)30)20(26-31-21)15-7-9-16(24)10-8-15/h3-10,13,17H,2,11-12H2,1H3/t17-/m1/s1. The first-order chi connectivity index (χ1) is 15.1. The molecule has 0 saturated carbocycles. The summed E-state index contributed by atoms with van der Waals surface area (Å²) in [5, 5.41) is 4.87. The first kappa shape index (κ1) is 19.5. The van der Waals surface area contributed by atoms with E-state index in [0.717, 1.165) is 17.7 Å². The van der Waals surface area contributed by atoms with Crippen molar-refractivity contribution < 1.29 is 9.32 Å². The van der Waals surface area contributed by atoms with Crippen molar-refractivity contribution in [2.75, 3.05) is 11.4 Å². The van der Waals surface area contributed by atoms with Crippen LogP contribution in [0.4, 0.5) is 5.69 Å². The monoisotopic (exact) mass is 434 g/mol. The number of nitrogens with zero attached hydrogens (tertiary/aromatic N) is 4. The molecule has 0 radical (unpaired) electrons. The lowest BCUT2D eigenvalue weighted by Crippen LogP contribution is -2.39. The second kappa shape index (κ2) is 7.67. The molecule has 0 unspecified atom stereocenters. The van der Waals surface area contributed by atoms with Gasteiger partial charge >= 0.3 is 0 Å². The number of aromatic nitrogens is 3. The maximum absolute atomic E-state index is 13.4. The third kappa shape index (κ3) is 3.21. The van der Waals surface area contributed by atoms with Crippen LogP contribution in [-0.2, 0) is 11.2 Å². The molecular formula is C23H19ClN4O3. The van der Waals surface area contributed by atoms with Crippen LogP contribution < -0.4 is 10.5 Å². The summed E-state index contributed by atoms with van der Waals surface area (Å²) in [5.74, 6) is -0.125. The lowest BCUT2D eigenvalue weighted by molar-refractivity contribution is -0.121. The molecule has 0 spiro atoms.